The zero-order chi connectivity index (χ0) is 14.6. The fourth-order valence-electron chi connectivity index (χ4n) is 2.24. The van der Waals surface area contributed by atoms with Crippen LogP contribution < -0.4 is 10.1 Å². The molecule has 0 saturated heterocycles. The summed E-state index contributed by atoms with van der Waals surface area (Å²) >= 11 is 0. The predicted molar refractivity (Wildman–Crippen MR) is 87.3 cm³/mol. The van der Waals surface area contributed by atoms with Crippen LogP contribution in [-0.2, 0) is 6.54 Å². The highest BCUT2D eigenvalue weighted by atomic mass is 16.5. The molecule has 0 aromatic heterocycles. The van der Waals surface area contributed by atoms with Gasteiger partial charge in [0.15, 0.2) is 0 Å². The minimum absolute atomic E-state index is 0.590. The Labute approximate surface area is 124 Å². The SMILES string of the molecule is CCCCCCC(C)NCc1cccc(OCCC)c1. The van der Waals surface area contributed by atoms with Gasteiger partial charge in [0.2, 0.25) is 0 Å². The fourth-order valence-corrected chi connectivity index (χ4v) is 2.24. The van der Waals surface area contributed by atoms with Crippen LogP contribution in [0.15, 0.2) is 24.3 Å². The fraction of sp³-hybridized carbons (Fsp3) is 0.667. The molecule has 114 valence electrons. The van der Waals surface area contributed by atoms with E-state index in [-0.39, 0.29) is 0 Å². The Morgan fingerprint density at radius 1 is 1.10 bits per heavy atom. The van der Waals surface area contributed by atoms with Crippen LogP contribution in [-0.4, -0.2) is 12.6 Å². The summed E-state index contributed by atoms with van der Waals surface area (Å²) in [5, 5.41) is 3.60. The maximum Gasteiger partial charge on any atom is 0.119 e. The van der Waals surface area contributed by atoms with Crippen LogP contribution in [0.2, 0.25) is 0 Å². The Bertz CT molecular complexity index is 351. The summed E-state index contributed by atoms with van der Waals surface area (Å²) in [5.41, 5.74) is 1.30. The first-order chi connectivity index (χ1) is 9.76. The van der Waals surface area contributed by atoms with E-state index in [0.29, 0.717) is 6.04 Å². The van der Waals surface area contributed by atoms with Crippen LogP contribution in [0.1, 0.15) is 64.9 Å². The van der Waals surface area contributed by atoms with Gasteiger partial charge in [0.1, 0.15) is 5.75 Å². The van der Waals surface area contributed by atoms with Gasteiger partial charge in [-0.3, -0.25) is 0 Å². The number of ether oxygens (including phenoxy) is 1. The summed E-state index contributed by atoms with van der Waals surface area (Å²) in [5.74, 6) is 0.988. The minimum Gasteiger partial charge on any atom is -0.494 e. The standard InChI is InChI=1S/C18H31NO/c1-4-6-7-8-10-16(3)19-15-17-11-9-12-18(14-17)20-13-5-2/h9,11-12,14,16,19H,4-8,10,13,15H2,1-3H3. The molecule has 0 saturated carbocycles. The first-order valence-corrected chi connectivity index (χ1v) is 8.21. The molecule has 1 N–H and O–H groups in total. The molecular weight excluding hydrogens is 246 g/mol. The van der Waals surface area contributed by atoms with Gasteiger partial charge >= 0.3 is 0 Å². The molecule has 2 heteroatoms. The van der Waals surface area contributed by atoms with E-state index in [0.717, 1.165) is 25.3 Å². The van der Waals surface area contributed by atoms with E-state index in [1.54, 1.807) is 0 Å². The van der Waals surface area contributed by atoms with Crippen molar-refractivity contribution in [2.75, 3.05) is 6.61 Å². The van der Waals surface area contributed by atoms with Gasteiger partial charge in [0.05, 0.1) is 6.61 Å². The minimum atomic E-state index is 0.590. The van der Waals surface area contributed by atoms with Crippen LogP contribution in [0.4, 0.5) is 0 Å². The molecule has 2 nitrogen and oxygen atoms in total. The Kier molecular flexibility index (Phi) is 9.14. The molecule has 0 spiro atoms. The number of unbranched alkanes of at least 4 members (excludes halogenated alkanes) is 3. The van der Waals surface area contributed by atoms with Crippen molar-refractivity contribution >= 4 is 0 Å². The van der Waals surface area contributed by atoms with Crippen molar-refractivity contribution in [2.24, 2.45) is 0 Å². The third-order valence-corrected chi connectivity index (χ3v) is 3.52. The quantitative estimate of drug-likeness (QED) is 0.579. The molecule has 20 heavy (non-hydrogen) atoms. The van der Waals surface area contributed by atoms with Gasteiger partial charge in [-0.2, -0.15) is 0 Å². The number of hydrogen-bond acceptors (Lipinski definition) is 2. The zero-order valence-corrected chi connectivity index (χ0v) is 13.5. The Hall–Kier alpha value is -1.02. The maximum absolute atomic E-state index is 5.67. The van der Waals surface area contributed by atoms with Crippen molar-refractivity contribution in [3.8, 4) is 5.75 Å². The lowest BCUT2D eigenvalue weighted by atomic mass is 10.1. The molecule has 0 aliphatic rings. The van der Waals surface area contributed by atoms with E-state index in [1.165, 1.54) is 37.7 Å². The summed E-state index contributed by atoms with van der Waals surface area (Å²) in [6.07, 6.45) is 7.70. The smallest absolute Gasteiger partial charge is 0.119 e. The lowest BCUT2D eigenvalue weighted by Crippen LogP contribution is -2.25. The van der Waals surface area contributed by atoms with Crippen molar-refractivity contribution in [2.45, 2.75) is 71.9 Å². The zero-order valence-electron chi connectivity index (χ0n) is 13.5. The highest BCUT2D eigenvalue weighted by molar-refractivity contribution is 5.28. The molecule has 0 radical (unpaired) electrons. The average molecular weight is 277 g/mol. The molecule has 0 heterocycles. The highest BCUT2D eigenvalue weighted by Gasteiger charge is 2.02. The normalized spacial score (nSPS) is 12.3. The third-order valence-electron chi connectivity index (χ3n) is 3.52. The highest BCUT2D eigenvalue weighted by Crippen LogP contribution is 2.14. The van der Waals surface area contributed by atoms with Crippen LogP contribution >= 0.6 is 0 Å². The average Bonchev–Trinajstić information content (AvgIpc) is 2.48. The van der Waals surface area contributed by atoms with Crippen molar-refractivity contribution in [3.63, 3.8) is 0 Å². The van der Waals surface area contributed by atoms with Crippen LogP contribution in [0.5, 0.6) is 5.75 Å². The number of rotatable bonds is 11. The largest absolute Gasteiger partial charge is 0.494 e. The number of hydrogen-bond donors (Lipinski definition) is 1. The van der Waals surface area contributed by atoms with Gasteiger partial charge < -0.3 is 10.1 Å². The Balaban J connectivity index is 2.26. The molecule has 0 aliphatic heterocycles. The Morgan fingerprint density at radius 3 is 2.70 bits per heavy atom. The van der Waals surface area contributed by atoms with Crippen molar-refractivity contribution < 1.29 is 4.74 Å². The van der Waals surface area contributed by atoms with Gasteiger partial charge in [0, 0.05) is 12.6 Å². The lowest BCUT2D eigenvalue weighted by Gasteiger charge is -2.14. The molecule has 1 aromatic carbocycles. The second-order valence-corrected chi connectivity index (χ2v) is 5.63. The summed E-state index contributed by atoms with van der Waals surface area (Å²) < 4.78 is 5.67. The maximum atomic E-state index is 5.67. The van der Waals surface area contributed by atoms with E-state index < -0.39 is 0 Å². The van der Waals surface area contributed by atoms with E-state index in [1.807, 2.05) is 6.07 Å². The molecule has 0 aliphatic carbocycles. The van der Waals surface area contributed by atoms with Crippen LogP contribution in [0, 0.1) is 0 Å². The van der Waals surface area contributed by atoms with Gasteiger partial charge in [-0.05, 0) is 37.5 Å². The molecule has 0 bridgehead atoms. The van der Waals surface area contributed by atoms with E-state index >= 15 is 0 Å². The topological polar surface area (TPSA) is 21.3 Å². The molecule has 1 aromatic rings. The number of benzene rings is 1. The monoisotopic (exact) mass is 277 g/mol. The predicted octanol–water partition coefficient (Wildman–Crippen LogP) is 4.92. The molecule has 1 rings (SSSR count). The Morgan fingerprint density at radius 2 is 1.95 bits per heavy atom. The van der Waals surface area contributed by atoms with E-state index in [2.05, 4.69) is 44.3 Å². The van der Waals surface area contributed by atoms with Gasteiger partial charge in [-0.15, -0.1) is 0 Å². The first kappa shape index (κ1) is 17.0. The second-order valence-electron chi connectivity index (χ2n) is 5.63. The number of nitrogens with one attached hydrogen (secondary N) is 1. The molecule has 0 fully saturated rings. The van der Waals surface area contributed by atoms with Crippen LogP contribution in [0.3, 0.4) is 0 Å². The summed E-state index contributed by atoms with van der Waals surface area (Å²) in [6.45, 7) is 8.40. The van der Waals surface area contributed by atoms with Crippen molar-refractivity contribution in [3.05, 3.63) is 29.8 Å². The summed E-state index contributed by atoms with van der Waals surface area (Å²) in [6, 6.07) is 9.01. The molecule has 1 unspecified atom stereocenters. The molecule has 1 atom stereocenters. The lowest BCUT2D eigenvalue weighted by molar-refractivity contribution is 0.317. The van der Waals surface area contributed by atoms with Gasteiger partial charge in [0.25, 0.3) is 0 Å². The molecular formula is C18H31NO. The van der Waals surface area contributed by atoms with E-state index in [4.69, 9.17) is 4.74 Å². The van der Waals surface area contributed by atoms with Crippen molar-refractivity contribution in [1.29, 1.82) is 0 Å². The van der Waals surface area contributed by atoms with Gasteiger partial charge in [-0.25, -0.2) is 0 Å². The second kappa shape index (κ2) is 10.7. The van der Waals surface area contributed by atoms with Crippen LogP contribution in [0.25, 0.3) is 0 Å². The van der Waals surface area contributed by atoms with Gasteiger partial charge in [-0.1, -0.05) is 51.7 Å². The van der Waals surface area contributed by atoms with E-state index in [9.17, 15) is 0 Å². The summed E-state index contributed by atoms with van der Waals surface area (Å²) in [4.78, 5) is 0. The summed E-state index contributed by atoms with van der Waals surface area (Å²) in [7, 11) is 0. The third kappa shape index (κ3) is 7.54. The van der Waals surface area contributed by atoms with Crippen molar-refractivity contribution in [1.82, 2.24) is 5.32 Å². The first-order valence-electron chi connectivity index (χ1n) is 8.21. The molecule has 0 amide bonds.